The van der Waals surface area contributed by atoms with Crippen LogP contribution in [0.15, 0.2) is 64.5 Å². The predicted molar refractivity (Wildman–Crippen MR) is 92.6 cm³/mol. The van der Waals surface area contributed by atoms with Crippen molar-refractivity contribution in [2.24, 2.45) is 5.10 Å². The summed E-state index contributed by atoms with van der Waals surface area (Å²) in [6.45, 7) is 1.62. The number of nitro benzene ring substituents is 1. The van der Waals surface area contributed by atoms with Crippen molar-refractivity contribution in [2.75, 3.05) is 0 Å². The fourth-order valence-corrected chi connectivity index (χ4v) is 2.17. The number of hydrogen-bond acceptors (Lipinski definition) is 6. The molecule has 3 aromatic rings. The zero-order valence-corrected chi connectivity index (χ0v) is 13.2. The van der Waals surface area contributed by atoms with Crippen LogP contribution in [-0.4, -0.2) is 26.0 Å². The largest absolute Gasteiger partial charge is 0.301 e. The number of nitrogens with zero attached hydrogens (tertiary/aromatic N) is 5. The zero-order chi connectivity index (χ0) is 17.8. The fraction of sp³-hybridized carbons (Fsp3) is 0.0588. The molecule has 0 radical (unpaired) electrons. The topological polar surface area (TPSA) is 103 Å². The van der Waals surface area contributed by atoms with Crippen molar-refractivity contribution in [3.05, 3.63) is 86.5 Å². The van der Waals surface area contributed by atoms with Crippen LogP contribution in [0, 0.1) is 17.0 Å². The first-order valence-electron chi connectivity index (χ1n) is 7.37. The monoisotopic (exact) mass is 335 g/mol. The third-order valence-corrected chi connectivity index (χ3v) is 3.47. The minimum absolute atomic E-state index is 0.0116. The molecule has 0 saturated heterocycles. The van der Waals surface area contributed by atoms with Crippen LogP contribution < -0.4 is 5.56 Å². The van der Waals surface area contributed by atoms with Crippen molar-refractivity contribution in [2.45, 2.75) is 6.92 Å². The molecule has 8 heteroatoms. The van der Waals surface area contributed by atoms with Gasteiger partial charge in [0.05, 0.1) is 11.1 Å². The van der Waals surface area contributed by atoms with Crippen LogP contribution in [0.5, 0.6) is 0 Å². The molecule has 0 saturated carbocycles. The second-order valence-electron chi connectivity index (χ2n) is 5.17. The highest BCUT2D eigenvalue weighted by molar-refractivity contribution is 5.79. The van der Waals surface area contributed by atoms with E-state index in [1.165, 1.54) is 18.3 Å². The Bertz CT molecular complexity index is 995. The van der Waals surface area contributed by atoms with Gasteiger partial charge in [0.1, 0.15) is 0 Å². The smallest absolute Gasteiger partial charge is 0.265 e. The first kappa shape index (κ1) is 16.2. The lowest BCUT2D eigenvalue weighted by Crippen LogP contribution is -2.23. The zero-order valence-electron chi connectivity index (χ0n) is 13.2. The lowest BCUT2D eigenvalue weighted by Gasteiger charge is -2.05. The number of hydrogen-bond donors (Lipinski definition) is 0. The summed E-state index contributed by atoms with van der Waals surface area (Å²) in [4.78, 5) is 22.8. The summed E-state index contributed by atoms with van der Waals surface area (Å²) in [5, 5.41) is 22.7. The van der Waals surface area contributed by atoms with Crippen LogP contribution >= 0.6 is 0 Å². The second-order valence-corrected chi connectivity index (χ2v) is 5.17. The van der Waals surface area contributed by atoms with E-state index in [4.69, 9.17) is 0 Å². The van der Waals surface area contributed by atoms with E-state index in [0.29, 0.717) is 17.0 Å². The Morgan fingerprint density at radius 1 is 1.08 bits per heavy atom. The number of non-ortho nitro benzene ring substituents is 1. The molecule has 0 unspecified atom stereocenters. The molecular weight excluding hydrogens is 322 g/mol. The van der Waals surface area contributed by atoms with Crippen molar-refractivity contribution in [3.8, 4) is 11.3 Å². The SMILES string of the molecule is Cc1nnc(-c2ccccc2)c(=O)n1/N=C/c1ccc([N+](=O)[O-])cc1. The van der Waals surface area contributed by atoms with Gasteiger partial charge in [-0.2, -0.15) is 9.78 Å². The average molecular weight is 335 g/mol. The van der Waals surface area contributed by atoms with Crippen LogP contribution in [-0.2, 0) is 0 Å². The highest BCUT2D eigenvalue weighted by Gasteiger charge is 2.10. The Hall–Kier alpha value is -3.68. The second kappa shape index (κ2) is 6.83. The number of benzene rings is 2. The van der Waals surface area contributed by atoms with Gasteiger partial charge in [-0.1, -0.05) is 30.3 Å². The Balaban J connectivity index is 1.97. The van der Waals surface area contributed by atoms with E-state index in [9.17, 15) is 14.9 Å². The van der Waals surface area contributed by atoms with Crippen molar-refractivity contribution < 1.29 is 4.92 Å². The number of aryl methyl sites for hydroxylation is 1. The van der Waals surface area contributed by atoms with Crippen molar-refractivity contribution in [1.29, 1.82) is 0 Å². The molecule has 25 heavy (non-hydrogen) atoms. The van der Waals surface area contributed by atoms with Gasteiger partial charge >= 0.3 is 5.56 Å². The normalized spacial score (nSPS) is 10.9. The fourth-order valence-electron chi connectivity index (χ4n) is 2.17. The van der Waals surface area contributed by atoms with Gasteiger partial charge in [-0.15, -0.1) is 10.2 Å². The summed E-state index contributed by atoms with van der Waals surface area (Å²) in [6, 6.07) is 14.8. The van der Waals surface area contributed by atoms with Crippen LogP contribution in [0.3, 0.4) is 0 Å². The van der Waals surface area contributed by atoms with Crippen LogP contribution in [0.2, 0.25) is 0 Å². The molecule has 0 fully saturated rings. The van der Waals surface area contributed by atoms with Gasteiger partial charge in [0, 0.05) is 17.7 Å². The summed E-state index contributed by atoms with van der Waals surface area (Å²) >= 11 is 0. The standard InChI is InChI=1S/C17H13N5O3/c1-12-19-20-16(14-5-3-2-4-6-14)17(23)21(12)18-11-13-7-9-15(10-8-13)22(24)25/h2-11H,1H3/b18-11+. The van der Waals surface area contributed by atoms with Crippen molar-refractivity contribution in [1.82, 2.24) is 14.9 Å². The number of rotatable bonds is 4. The van der Waals surface area contributed by atoms with Gasteiger partial charge in [0.15, 0.2) is 11.5 Å². The molecule has 3 rings (SSSR count). The first-order chi connectivity index (χ1) is 12.1. The van der Waals surface area contributed by atoms with Gasteiger partial charge < -0.3 is 0 Å². The van der Waals surface area contributed by atoms with Crippen LogP contribution in [0.4, 0.5) is 5.69 Å². The quantitative estimate of drug-likeness (QED) is 0.414. The summed E-state index contributed by atoms with van der Waals surface area (Å²) < 4.78 is 1.15. The van der Waals surface area contributed by atoms with Gasteiger partial charge in [0.2, 0.25) is 0 Å². The van der Waals surface area contributed by atoms with E-state index in [-0.39, 0.29) is 11.4 Å². The Morgan fingerprint density at radius 2 is 1.76 bits per heavy atom. The summed E-state index contributed by atoms with van der Waals surface area (Å²) in [5.74, 6) is 0.336. The molecule has 0 aliphatic heterocycles. The van der Waals surface area contributed by atoms with Gasteiger partial charge in [-0.3, -0.25) is 14.9 Å². The Labute approximate surface area is 142 Å². The van der Waals surface area contributed by atoms with E-state index in [0.717, 1.165) is 4.68 Å². The Kier molecular flexibility index (Phi) is 4.42. The van der Waals surface area contributed by atoms with E-state index < -0.39 is 10.5 Å². The molecule has 1 heterocycles. The van der Waals surface area contributed by atoms with E-state index >= 15 is 0 Å². The van der Waals surface area contributed by atoms with Gasteiger partial charge in [-0.25, -0.2) is 0 Å². The maximum atomic E-state index is 12.6. The van der Waals surface area contributed by atoms with Gasteiger partial charge in [-0.05, 0) is 24.6 Å². The molecule has 1 aromatic heterocycles. The third kappa shape index (κ3) is 3.47. The average Bonchev–Trinajstić information content (AvgIpc) is 2.63. The molecule has 2 aromatic carbocycles. The van der Waals surface area contributed by atoms with E-state index in [1.54, 1.807) is 43.3 Å². The third-order valence-electron chi connectivity index (χ3n) is 3.47. The maximum absolute atomic E-state index is 12.6. The highest BCUT2D eigenvalue weighted by Crippen LogP contribution is 2.12. The minimum atomic E-state index is -0.478. The van der Waals surface area contributed by atoms with Gasteiger partial charge in [0.25, 0.3) is 5.69 Å². The predicted octanol–water partition coefficient (Wildman–Crippen LogP) is 2.40. The summed E-state index contributed by atoms with van der Waals surface area (Å²) in [7, 11) is 0. The molecule has 0 spiro atoms. The molecule has 0 aliphatic rings. The van der Waals surface area contributed by atoms with E-state index in [1.807, 2.05) is 6.07 Å². The lowest BCUT2D eigenvalue weighted by molar-refractivity contribution is -0.384. The molecule has 0 bridgehead atoms. The van der Waals surface area contributed by atoms with Crippen LogP contribution in [0.1, 0.15) is 11.4 Å². The maximum Gasteiger partial charge on any atom is 0.301 e. The minimum Gasteiger partial charge on any atom is -0.265 e. The van der Waals surface area contributed by atoms with Crippen LogP contribution in [0.25, 0.3) is 11.3 Å². The first-order valence-corrected chi connectivity index (χ1v) is 7.37. The highest BCUT2D eigenvalue weighted by atomic mass is 16.6. The molecule has 0 atom stereocenters. The summed E-state index contributed by atoms with van der Waals surface area (Å²) in [5.41, 5.74) is 1.07. The molecule has 8 nitrogen and oxygen atoms in total. The molecular formula is C17H13N5O3. The lowest BCUT2D eigenvalue weighted by atomic mass is 10.2. The molecule has 0 aliphatic carbocycles. The Morgan fingerprint density at radius 3 is 2.40 bits per heavy atom. The van der Waals surface area contributed by atoms with E-state index in [2.05, 4.69) is 15.3 Å². The van der Waals surface area contributed by atoms with Crippen molar-refractivity contribution in [3.63, 3.8) is 0 Å². The molecule has 0 amide bonds. The molecule has 0 N–H and O–H groups in total. The number of aromatic nitrogens is 3. The summed E-state index contributed by atoms with van der Waals surface area (Å²) in [6.07, 6.45) is 1.44. The number of nitro groups is 1. The van der Waals surface area contributed by atoms with Crippen molar-refractivity contribution >= 4 is 11.9 Å². The molecule has 124 valence electrons.